The Hall–Kier alpha value is -2.10. The predicted octanol–water partition coefficient (Wildman–Crippen LogP) is 3.81. The molecule has 1 aliphatic heterocycles. The molecule has 1 aliphatic carbocycles. The highest BCUT2D eigenvalue weighted by Gasteiger charge is 2.17. The second-order valence-corrected chi connectivity index (χ2v) is 5.89. The summed E-state index contributed by atoms with van der Waals surface area (Å²) in [5, 5.41) is 3.40. The van der Waals surface area contributed by atoms with E-state index in [1.807, 2.05) is 0 Å². The van der Waals surface area contributed by atoms with E-state index in [1.54, 1.807) is 19.2 Å². The van der Waals surface area contributed by atoms with Gasteiger partial charge in [0.05, 0.1) is 7.11 Å². The molecule has 122 valence electrons. The van der Waals surface area contributed by atoms with E-state index in [-0.39, 0.29) is 5.82 Å². The van der Waals surface area contributed by atoms with Gasteiger partial charge in [-0.05, 0) is 61.4 Å². The van der Waals surface area contributed by atoms with Crippen molar-refractivity contribution in [1.29, 1.82) is 0 Å². The van der Waals surface area contributed by atoms with Crippen molar-refractivity contribution in [3.05, 3.63) is 52.9 Å². The van der Waals surface area contributed by atoms with E-state index >= 15 is 0 Å². The Labute approximate surface area is 137 Å². The Bertz CT molecular complexity index is 661. The summed E-state index contributed by atoms with van der Waals surface area (Å²) in [5.41, 5.74) is 3.44. The molecule has 4 heteroatoms. The zero-order valence-corrected chi connectivity index (χ0v) is 13.6. The lowest BCUT2D eigenvalue weighted by atomic mass is 9.91. The third kappa shape index (κ3) is 3.81. The van der Waals surface area contributed by atoms with Crippen LogP contribution in [0.5, 0.6) is 5.75 Å². The smallest absolute Gasteiger partial charge is 0.128 e. The molecule has 0 saturated carbocycles. The zero-order valence-electron chi connectivity index (χ0n) is 13.6. The maximum atomic E-state index is 13.5. The molecule has 1 heterocycles. The Kier molecular flexibility index (Phi) is 5.11. The molecule has 1 aromatic carbocycles. The highest BCUT2D eigenvalue weighted by molar-refractivity contribution is 6.02. The van der Waals surface area contributed by atoms with E-state index in [4.69, 9.17) is 4.74 Å². The number of aryl methyl sites for hydroxylation is 1. The number of hydrogen-bond donors (Lipinski definition) is 1. The molecule has 0 unspecified atom stereocenters. The van der Waals surface area contributed by atoms with E-state index in [9.17, 15) is 4.39 Å². The van der Waals surface area contributed by atoms with Crippen LogP contribution in [0.2, 0.25) is 0 Å². The van der Waals surface area contributed by atoms with Crippen LogP contribution in [-0.2, 0) is 6.42 Å². The van der Waals surface area contributed by atoms with Gasteiger partial charge < -0.3 is 10.1 Å². The van der Waals surface area contributed by atoms with Crippen molar-refractivity contribution in [2.75, 3.05) is 20.2 Å². The molecular weight excluding hydrogens is 291 g/mol. The molecular formula is C19H23FN2O. The van der Waals surface area contributed by atoms with Crippen molar-refractivity contribution in [3.63, 3.8) is 0 Å². The van der Waals surface area contributed by atoms with Crippen LogP contribution in [0.15, 0.2) is 46.5 Å². The monoisotopic (exact) mass is 314 g/mol. The Balaban J connectivity index is 1.74. The van der Waals surface area contributed by atoms with Crippen molar-refractivity contribution in [3.8, 4) is 5.75 Å². The Morgan fingerprint density at radius 3 is 2.87 bits per heavy atom. The van der Waals surface area contributed by atoms with Gasteiger partial charge in [0.1, 0.15) is 17.4 Å². The van der Waals surface area contributed by atoms with E-state index in [0.717, 1.165) is 62.3 Å². The minimum atomic E-state index is -0.215. The normalized spacial score (nSPS) is 17.7. The fourth-order valence-electron chi connectivity index (χ4n) is 3.14. The maximum Gasteiger partial charge on any atom is 0.128 e. The van der Waals surface area contributed by atoms with Gasteiger partial charge in [-0.25, -0.2) is 4.39 Å². The van der Waals surface area contributed by atoms with Crippen LogP contribution >= 0.6 is 0 Å². The molecule has 0 saturated heterocycles. The number of hydrogen-bond acceptors (Lipinski definition) is 3. The summed E-state index contributed by atoms with van der Waals surface area (Å²) in [7, 11) is 1.63. The number of methoxy groups -OCH3 is 1. The van der Waals surface area contributed by atoms with Crippen molar-refractivity contribution >= 4 is 5.84 Å². The molecule has 1 N–H and O–H groups in total. The number of amidine groups is 1. The van der Waals surface area contributed by atoms with Crippen molar-refractivity contribution in [1.82, 2.24) is 5.32 Å². The number of ether oxygens (including phenoxy) is 1. The summed E-state index contributed by atoms with van der Waals surface area (Å²) >= 11 is 0. The van der Waals surface area contributed by atoms with Gasteiger partial charge in [0.2, 0.25) is 0 Å². The lowest BCUT2D eigenvalue weighted by Crippen LogP contribution is -2.32. The molecule has 0 radical (unpaired) electrons. The SMILES string of the molecule is COc1ccc(F)cc1CCC1=CCCC=C1C1=NCCCN1. The van der Waals surface area contributed by atoms with Crippen LogP contribution in [0.25, 0.3) is 0 Å². The third-order valence-corrected chi connectivity index (χ3v) is 4.31. The average molecular weight is 314 g/mol. The van der Waals surface area contributed by atoms with Gasteiger partial charge >= 0.3 is 0 Å². The van der Waals surface area contributed by atoms with Crippen LogP contribution in [-0.4, -0.2) is 26.0 Å². The first kappa shape index (κ1) is 15.8. The summed E-state index contributed by atoms with van der Waals surface area (Å²) in [6, 6.07) is 4.71. The van der Waals surface area contributed by atoms with Gasteiger partial charge in [0.15, 0.2) is 0 Å². The van der Waals surface area contributed by atoms with Crippen LogP contribution in [0, 0.1) is 5.82 Å². The van der Waals surface area contributed by atoms with Crippen LogP contribution in [0.3, 0.4) is 0 Å². The predicted molar refractivity (Wildman–Crippen MR) is 91.6 cm³/mol. The zero-order chi connectivity index (χ0) is 16.1. The molecule has 1 aromatic rings. The number of nitrogens with one attached hydrogen (secondary N) is 1. The summed E-state index contributed by atoms with van der Waals surface area (Å²) in [6.07, 6.45) is 9.41. The highest BCUT2D eigenvalue weighted by atomic mass is 19.1. The molecule has 3 nitrogen and oxygen atoms in total. The van der Waals surface area contributed by atoms with Gasteiger partial charge in [-0.15, -0.1) is 0 Å². The fraction of sp³-hybridized carbons (Fsp3) is 0.421. The maximum absolute atomic E-state index is 13.5. The van der Waals surface area contributed by atoms with E-state index < -0.39 is 0 Å². The Morgan fingerprint density at radius 2 is 2.09 bits per heavy atom. The molecule has 0 amide bonds. The number of aliphatic imine (C=N–C) groups is 1. The summed E-state index contributed by atoms with van der Waals surface area (Å²) in [4.78, 5) is 4.62. The standard InChI is InChI=1S/C19H23FN2O/c1-23-18-10-9-16(20)13-15(18)8-7-14-5-2-3-6-17(14)19-21-11-4-12-22-19/h5-6,9-10,13H,2-4,7-8,11-12H2,1H3,(H,21,22). The minimum absolute atomic E-state index is 0.215. The number of rotatable bonds is 5. The molecule has 23 heavy (non-hydrogen) atoms. The largest absolute Gasteiger partial charge is 0.496 e. The van der Waals surface area contributed by atoms with Crippen molar-refractivity contribution in [2.45, 2.75) is 32.1 Å². The van der Waals surface area contributed by atoms with Crippen molar-refractivity contribution in [2.24, 2.45) is 4.99 Å². The van der Waals surface area contributed by atoms with Gasteiger partial charge in [-0.3, -0.25) is 4.99 Å². The first-order valence-electron chi connectivity index (χ1n) is 8.28. The summed E-state index contributed by atoms with van der Waals surface area (Å²) in [5.74, 6) is 1.56. The van der Waals surface area contributed by atoms with Gasteiger partial charge in [-0.1, -0.05) is 12.2 Å². The average Bonchev–Trinajstić information content (AvgIpc) is 2.61. The van der Waals surface area contributed by atoms with Gasteiger partial charge in [-0.2, -0.15) is 0 Å². The number of allylic oxidation sites excluding steroid dienone is 2. The second kappa shape index (κ2) is 7.44. The number of nitrogens with zero attached hydrogens (tertiary/aromatic N) is 1. The Morgan fingerprint density at radius 1 is 1.22 bits per heavy atom. The minimum Gasteiger partial charge on any atom is -0.496 e. The highest BCUT2D eigenvalue weighted by Crippen LogP contribution is 2.27. The van der Waals surface area contributed by atoms with Crippen LogP contribution < -0.4 is 10.1 Å². The van der Waals surface area contributed by atoms with E-state index in [2.05, 4.69) is 22.5 Å². The first-order chi connectivity index (χ1) is 11.3. The summed E-state index contributed by atoms with van der Waals surface area (Å²) < 4.78 is 18.9. The van der Waals surface area contributed by atoms with Crippen molar-refractivity contribution < 1.29 is 9.13 Å². The molecule has 3 rings (SSSR count). The second-order valence-electron chi connectivity index (χ2n) is 5.89. The molecule has 0 bridgehead atoms. The molecule has 0 fully saturated rings. The topological polar surface area (TPSA) is 33.6 Å². The van der Waals surface area contributed by atoms with Gasteiger partial charge in [0.25, 0.3) is 0 Å². The summed E-state index contributed by atoms with van der Waals surface area (Å²) in [6.45, 7) is 1.88. The number of benzene rings is 1. The molecule has 0 spiro atoms. The van der Waals surface area contributed by atoms with E-state index in [1.165, 1.54) is 17.2 Å². The quantitative estimate of drug-likeness (QED) is 0.897. The molecule has 2 aliphatic rings. The van der Waals surface area contributed by atoms with Crippen LogP contribution in [0.4, 0.5) is 4.39 Å². The van der Waals surface area contributed by atoms with E-state index in [0.29, 0.717) is 0 Å². The number of halogens is 1. The van der Waals surface area contributed by atoms with Crippen LogP contribution in [0.1, 0.15) is 31.2 Å². The molecule has 0 atom stereocenters. The van der Waals surface area contributed by atoms with Gasteiger partial charge in [0, 0.05) is 18.7 Å². The first-order valence-corrected chi connectivity index (χ1v) is 8.28. The lowest BCUT2D eigenvalue weighted by Gasteiger charge is -2.22. The molecule has 0 aromatic heterocycles. The fourth-order valence-corrected chi connectivity index (χ4v) is 3.14. The lowest BCUT2D eigenvalue weighted by molar-refractivity contribution is 0.408. The third-order valence-electron chi connectivity index (χ3n) is 4.31.